The summed E-state index contributed by atoms with van der Waals surface area (Å²) >= 11 is 5.91. The molecule has 0 saturated carbocycles. The normalized spacial score (nSPS) is 10.8. The number of aromatic nitrogens is 3. The first kappa shape index (κ1) is 12.6. The average molecular weight is 289 g/mol. The van der Waals surface area contributed by atoms with Gasteiger partial charge in [-0.15, -0.1) is 0 Å². The Hall–Kier alpha value is -2.40. The van der Waals surface area contributed by atoms with Crippen molar-refractivity contribution in [3.63, 3.8) is 0 Å². The van der Waals surface area contributed by atoms with Crippen molar-refractivity contribution in [3.05, 3.63) is 63.9 Å². The molecule has 2 N–H and O–H groups in total. The number of rotatable bonds is 2. The van der Waals surface area contributed by atoms with Crippen molar-refractivity contribution in [3.8, 4) is 5.75 Å². The Balaban J connectivity index is 2.06. The van der Waals surface area contributed by atoms with Crippen molar-refractivity contribution < 1.29 is 9.67 Å². The van der Waals surface area contributed by atoms with E-state index in [-0.39, 0.29) is 11.3 Å². The monoisotopic (exact) mass is 288 g/mol. The van der Waals surface area contributed by atoms with Gasteiger partial charge in [0.15, 0.2) is 17.8 Å². The summed E-state index contributed by atoms with van der Waals surface area (Å²) in [6, 6.07) is 8.25. The Kier molecular flexibility index (Phi) is 3.12. The summed E-state index contributed by atoms with van der Waals surface area (Å²) in [5.41, 5.74) is 0.347. The molecule has 0 saturated heterocycles. The van der Waals surface area contributed by atoms with Crippen LogP contribution in [0.1, 0.15) is 5.82 Å². The second-order valence-corrected chi connectivity index (χ2v) is 4.85. The van der Waals surface area contributed by atoms with Crippen LogP contribution in [0.5, 0.6) is 5.75 Å². The van der Waals surface area contributed by atoms with Crippen LogP contribution in [0.2, 0.25) is 5.02 Å². The van der Waals surface area contributed by atoms with E-state index in [0.29, 0.717) is 28.3 Å². The standard InChI is InChI=1S/C14H10ClN3O2/c15-9-3-4-11-12(6-9)16-13(17-14(11)20)8-18-5-1-2-10(19)7-18/h1-7H,8H2,(H-,16,17,19,20)/p+1. The van der Waals surface area contributed by atoms with Gasteiger partial charge in [-0.1, -0.05) is 11.6 Å². The highest BCUT2D eigenvalue weighted by atomic mass is 35.5. The van der Waals surface area contributed by atoms with Crippen LogP contribution in [0, 0.1) is 0 Å². The van der Waals surface area contributed by atoms with Crippen LogP contribution in [0.4, 0.5) is 0 Å². The minimum Gasteiger partial charge on any atom is -0.503 e. The lowest BCUT2D eigenvalue weighted by Crippen LogP contribution is -2.34. The van der Waals surface area contributed by atoms with Crippen LogP contribution >= 0.6 is 11.6 Å². The molecule has 0 bridgehead atoms. The number of nitrogens with one attached hydrogen (secondary N) is 1. The van der Waals surface area contributed by atoms with Gasteiger partial charge in [-0.05, 0) is 24.3 Å². The Morgan fingerprint density at radius 1 is 1.35 bits per heavy atom. The summed E-state index contributed by atoms with van der Waals surface area (Å²) in [6.07, 6.45) is 3.34. The lowest BCUT2D eigenvalue weighted by Gasteiger charge is -2.01. The number of aromatic amines is 1. The largest absolute Gasteiger partial charge is 0.503 e. The third-order valence-electron chi connectivity index (χ3n) is 2.89. The van der Waals surface area contributed by atoms with E-state index in [1.807, 2.05) is 0 Å². The van der Waals surface area contributed by atoms with E-state index >= 15 is 0 Å². The molecule has 0 spiro atoms. The fourth-order valence-corrected chi connectivity index (χ4v) is 2.18. The molecule has 3 aromatic rings. The molecule has 0 aliphatic carbocycles. The fourth-order valence-electron chi connectivity index (χ4n) is 2.02. The summed E-state index contributed by atoms with van der Waals surface area (Å²) in [4.78, 5) is 19.1. The van der Waals surface area contributed by atoms with E-state index in [1.165, 1.54) is 0 Å². The molecule has 6 heteroatoms. The molecule has 0 amide bonds. The van der Waals surface area contributed by atoms with E-state index in [0.717, 1.165) is 0 Å². The first-order chi connectivity index (χ1) is 9.61. The summed E-state index contributed by atoms with van der Waals surface area (Å²) in [7, 11) is 0. The molecule has 0 fully saturated rings. The van der Waals surface area contributed by atoms with Gasteiger partial charge in [0.2, 0.25) is 12.7 Å². The maximum absolute atomic E-state index is 12.0. The molecule has 20 heavy (non-hydrogen) atoms. The van der Waals surface area contributed by atoms with Crippen LogP contribution in [-0.4, -0.2) is 15.1 Å². The van der Waals surface area contributed by atoms with Crippen molar-refractivity contribution >= 4 is 22.5 Å². The molecular formula is C14H11ClN3O2+. The lowest BCUT2D eigenvalue weighted by atomic mass is 10.2. The predicted octanol–water partition coefficient (Wildman–Crippen LogP) is 1.62. The zero-order chi connectivity index (χ0) is 14.1. The van der Waals surface area contributed by atoms with E-state index in [9.17, 15) is 9.90 Å². The summed E-state index contributed by atoms with van der Waals surface area (Å²) in [5.74, 6) is 0.652. The number of aromatic hydroxyl groups is 1. The SMILES string of the molecule is O=c1[nH]c(C[n+]2cccc(O)c2)nc2cc(Cl)ccc12. The van der Waals surface area contributed by atoms with Crippen LogP contribution in [0.15, 0.2) is 47.5 Å². The minimum atomic E-state index is -0.206. The second kappa shape index (κ2) is 4.94. The van der Waals surface area contributed by atoms with Crippen LogP contribution in [0.25, 0.3) is 10.9 Å². The summed E-state index contributed by atoms with van der Waals surface area (Å²) in [6.45, 7) is 0.353. The second-order valence-electron chi connectivity index (χ2n) is 4.41. The number of hydrogen-bond donors (Lipinski definition) is 2. The van der Waals surface area contributed by atoms with Gasteiger partial charge in [-0.25, -0.2) is 4.98 Å². The number of hydrogen-bond acceptors (Lipinski definition) is 3. The van der Waals surface area contributed by atoms with Crippen LogP contribution in [0.3, 0.4) is 0 Å². The number of pyridine rings is 1. The third-order valence-corrected chi connectivity index (χ3v) is 3.13. The maximum Gasteiger partial charge on any atom is 0.258 e. The van der Waals surface area contributed by atoms with E-state index in [1.54, 1.807) is 47.3 Å². The van der Waals surface area contributed by atoms with E-state index < -0.39 is 0 Å². The molecular weight excluding hydrogens is 278 g/mol. The molecule has 2 aromatic heterocycles. The highest BCUT2D eigenvalue weighted by Crippen LogP contribution is 2.14. The number of halogens is 1. The van der Waals surface area contributed by atoms with Crippen molar-refractivity contribution in [2.75, 3.05) is 0 Å². The summed E-state index contributed by atoms with van der Waals surface area (Å²) in [5, 5.41) is 10.5. The Morgan fingerprint density at radius 3 is 3.00 bits per heavy atom. The predicted molar refractivity (Wildman–Crippen MR) is 74.8 cm³/mol. The number of benzene rings is 1. The molecule has 100 valence electrons. The lowest BCUT2D eigenvalue weighted by molar-refractivity contribution is -0.689. The van der Waals surface area contributed by atoms with Crippen molar-refractivity contribution in [2.45, 2.75) is 6.54 Å². The number of nitrogens with zero attached hydrogens (tertiary/aromatic N) is 2. The average Bonchev–Trinajstić information content (AvgIpc) is 2.38. The molecule has 1 aromatic carbocycles. The molecule has 0 unspecified atom stereocenters. The third kappa shape index (κ3) is 2.48. The van der Waals surface area contributed by atoms with Gasteiger partial charge in [0.25, 0.3) is 5.56 Å². The van der Waals surface area contributed by atoms with Crippen LogP contribution < -0.4 is 10.1 Å². The Labute approximate surface area is 119 Å². The van der Waals surface area contributed by atoms with Gasteiger partial charge in [0.1, 0.15) is 0 Å². The molecule has 3 rings (SSSR count). The molecule has 0 radical (unpaired) electrons. The van der Waals surface area contributed by atoms with Crippen molar-refractivity contribution in [1.82, 2.24) is 9.97 Å². The van der Waals surface area contributed by atoms with E-state index in [4.69, 9.17) is 11.6 Å². The Bertz CT molecular complexity index is 845. The Morgan fingerprint density at radius 2 is 2.20 bits per heavy atom. The molecule has 2 heterocycles. The smallest absolute Gasteiger partial charge is 0.258 e. The zero-order valence-electron chi connectivity index (χ0n) is 10.4. The van der Waals surface area contributed by atoms with Crippen LogP contribution in [-0.2, 0) is 6.54 Å². The van der Waals surface area contributed by atoms with Crippen molar-refractivity contribution in [2.24, 2.45) is 0 Å². The molecule has 0 aliphatic heterocycles. The maximum atomic E-state index is 12.0. The molecule has 5 nitrogen and oxygen atoms in total. The van der Waals surface area contributed by atoms with Gasteiger partial charge in [0, 0.05) is 11.1 Å². The highest BCUT2D eigenvalue weighted by molar-refractivity contribution is 6.31. The first-order valence-electron chi connectivity index (χ1n) is 5.98. The highest BCUT2D eigenvalue weighted by Gasteiger charge is 2.09. The zero-order valence-corrected chi connectivity index (χ0v) is 11.1. The topological polar surface area (TPSA) is 69.9 Å². The molecule has 0 atom stereocenters. The fraction of sp³-hybridized carbons (Fsp3) is 0.0714. The van der Waals surface area contributed by atoms with E-state index in [2.05, 4.69) is 9.97 Å². The molecule has 0 aliphatic rings. The quantitative estimate of drug-likeness (QED) is 0.704. The van der Waals surface area contributed by atoms with Gasteiger partial charge < -0.3 is 10.1 Å². The minimum absolute atomic E-state index is 0.152. The number of fused-ring (bicyclic) bond motifs is 1. The van der Waals surface area contributed by atoms with Gasteiger partial charge in [-0.2, -0.15) is 4.57 Å². The van der Waals surface area contributed by atoms with Crippen molar-refractivity contribution in [1.29, 1.82) is 0 Å². The van der Waals surface area contributed by atoms with Gasteiger partial charge in [0.05, 0.1) is 10.9 Å². The van der Waals surface area contributed by atoms with Gasteiger partial charge in [-0.3, -0.25) is 4.79 Å². The number of H-pyrrole nitrogens is 1. The van der Waals surface area contributed by atoms with Gasteiger partial charge >= 0.3 is 0 Å². The first-order valence-corrected chi connectivity index (χ1v) is 6.36. The summed E-state index contributed by atoms with van der Waals surface area (Å²) < 4.78 is 1.73.